The fourth-order valence-electron chi connectivity index (χ4n) is 1.57. The van der Waals surface area contributed by atoms with Gasteiger partial charge < -0.3 is 5.11 Å². The number of phenolic OH excluding ortho intramolecular Hbond substituents is 1. The quantitative estimate of drug-likeness (QED) is 0.641. The molecule has 18 heavy (non-hydrogen) atoms. The van der Waals surface area contributed by atoms with Gasteiger partial charge in [-0.3, -0.25) is 5.43 Å². The molecule has 0 aliphatic heterocycles. The van der Waals surface area contributed by atoms with E-state index in [-0.39, 0.29) is 5.75 Å². The Bertz CT molecular complexity index is 565. The van der Waals surface area contributed by atoms with E-state index in [4.69, 9.17) is 0 Å². The summed E-state index contributed by atoms with van der Waals surface area (Å²) in [4.78, 5) is 4.10. The summed E-state index contributed by atoms with van der Waals surface area (Å²) in [6.45, 7) is 3.81. The first-order chi connectivity index (χ1) is 8.66. The zero-order valence-corrected chi connectivity index (χ0v) is 10.4. The molecule has 2 N–H and O–H groups in total. The summed E-state index contributed by atoms with van der Waals surface area (Å²) in [7, 11) is 0. The molecule has 0 bridgehead atoms. The van der Waals surface area contributed by atoms with E-state index >= 15 is 0 Å². The topological polar surface area (TPSA) is 57.5 Å². The molecule has 0 fully saturated rings. The lowest BCUT2D eigenvalue weighted by atomic mass is 10.1. The minimum absolute atomic E-state index is 0.227. The predicted octanol–water partition coefficient (Wildman–Crippen LogP) is 2.93. The van der Waals surface area contributed by atoms with Gasteiger partial charge in [-0.2, -0.15) is 5.10 Å². The zero-order chi connectivity index (χ0) is 13.0. The van der Waals surface area contributed by atoms with Crippen molar-refractivity contribution < 1.29 is 5.11 Å². The van der Waals surface area contributed by atoms with Crippen molar-refractivity contribution in [3.8, 4) is 5.75 Å². The molecule has 0 aliphatic rings. The molecule has 0 atom stereocenters. The van der Waals surface area contributed by atoms with Crippen molar-refractivity contribution in [3.05, 3.63) is 53.7 Å². The van der Waals surface area contributed by atoms with Crippen LogP contribution in [0.25, 0.3) is 0 Å². The molecule has 0 radical (unpaired) electrons. The van der Waals surface area contributed by atoms with Gasteiger partial charge in [0, 0.05) is 11.8 Å². The maximum Gasteiger partial charge on any atom is 0.146 e. The Morgan fingerprint density at radius 1 is 1.28 bits per heavy atom. The number of hydrazone groups is 1. The summed E-state index contributed by atoms with van der Waals surface area (Å²) >= 11 is 0. The van der Waals surface area contributed by atoms with Crippen LogP contribution in [0.1, 0.15) is 18.1 Å². The lowest BCUT2D eigenvalue weighted by Crippen LogP contribution is -2.01. The highest BCUT2D eigenvalue weighted by Crippen LogP contribution is 2.19. The number of hydrogen-bond acceptors (Lipinski definition) is 4. The molecule has 4 nitrogen and oxygen atoms in total. The monoisotopic (exact) mass is 241 g/mol. The van der Waals surface area contributed by atoms with Gasteiger partial charge in [-0.05, 0) is 38.1 Å². The van der Waals surface area contributed by atoms with E-state index in [0.29, 0.717) is 11.5 Å². The van der Waals surface area contributed by atoms with Crippen LogP contribution in [0.2, 0.25) is 0 Å². The Hall–Kier alpha value is -2.36. The van der Waals surface area contributed by atoms with Crippen molar-refractivity contribution >= 4 is 11.5 Å². The van der Waals surface area contributed by atoms with Crippen molar-refractivity contribution in [1.82, 2.24) is 4.98 Å². The number of aryl methyl sites for hydroxylation is 1. The number of nitrogens with zero attached hydrogens (tertiary/aromatic N) is 2. The summed E-state index contributed by atoms with van der Waals surface area (Å²) in [5.41, 5.74) is 5.37. The highest BCUT2D eigenvalue weighted by atomic mass is 16.3. The first-order valence-electron chi connectivity index (χ1n) is 5.68. The van der Waals surface area contributed by atoms with Crippen LogP contribution in [0.4, 0.5) is 5.82 Å². The molecule has 0 saturated heterocycles. The highest BCUT2D eigenvalue weighted by Gasteiger charge is 2.04. The van der Waals surface area contributed by atoms with Gasteiger partial charge in [0.25, 0.3) is 0 Å². The summed E-state index contributed by atoms with van der Waals surface area (Å²) in [6.07, 6.45) is 1.69. The van der Waals surface area contributed by atoms with E-state index in [2.05, 4.69) is 15.5 Å². The Balaban J connectivity index is 2.20. The maximum atomic E-state index is 9.78. The van der Waals surface area contributed by atoms with Gasteiger partial charge >= 0.3 is 0 Å². The second-order valence-corrected chi connectivity index (χ2v) is 4.04. The number of aromatic nitrogens is 1. The van der Waals surface area contributed by atoms with Crippen LogP contribution in [0.15, 0.2) is 47.7 Å². The Morgan fingerprint density at radius 2 is 2.11 bits per heavy atom. The lowest BCUT2D eigenvalue weighted by Gasteiger charge is -2.06. The zero-order valence-electron chi connectivity index (χ0n) is 10.4. The summed E-state index contributed by atoms with van der Waals surface area (Å²) in [5.74, 6) is 0.897. The van der Waals surface area contributed by atoms with Gasteiger partial charge in [-0.1, -0.05) is 17.7 Å². The van der Waals surface area contributed by atoms with Crippen LogP contribution in [0.5, 0.6) is 5.75 Å². The normalized spacial score (nSPS) is 11.3. The Kier molecular flexibility index (Phi) is 3.57. The number of aromatic hydroxyl groups is 1. The van der Waals surface area contributed by atoms with Gasteiger partial charge in [0.05, 0.1) is 5.71 Å². The van der Waals surface area contributed by atoms with Crippen molar-refractivity contribution in [2.45, 2.75) is 13.8 Å². The molecule has 4 heteroatoms. The largest absolute Gasteiger partial charge is 0.507 e. The molecule has 92 valence electrons. The van der Waals surface area contributed by atoms with Crippen LogP contribution in [-0.4, -0.2) is 15.8 Å². The summed E-state index contributed by atoms with van der Waals surface area (Å²) < 4.78 is 0. The van der Waals surface area contributed by atoms with Crippen molar-refractivity contribution in [1.29, 1.82) is 0 Å². The van der Waals surface area contributed by atoms with Crippen molar-refractivity contribution in [2.24, 2.45) is 5.10 Å². The highest BCUT2D eigenvalue weighted by molar-refractivity contribution is 6.01. The van der Waals surface area contributed by atoms with Gasteiger partial charge in [0.15, 0.2) is 0 Å². The molecule has 0 saturated carbocycles. The smallest absolute Gasteiger partial charge is 0.146 e. The average molecular weight is 241 g/mol. The van der Waals surface area contributed by atoms with Crippen LogP contribution >= 0.6 is 0 Å². The molecular formula is C14H15N3O. The van der Waals surface area contributed by atoms with E-state index in [1.54, 1.807) is 12.3 Å². The molecule has 1 heterocycles. The second-order valence-electron chi connectivity index (χ2n) is 4.04. The number of phenols is 1. The molecule has 2 aromatic rings. The number of pyridine rings is 1. The van der Waals surface area contributed by atoms with Crippen LogP contribution in [0, 0.1) is 6.92 Å². The third-order valence-electron chi connectivity index (χ3n) is 2.54. The number of benzene rings is 1. The maximum absolute atomic E-state index is 9.78. The number of nitrogens with one attached hydrogen (secondary N) is 1. The van der Waals surface area contributed by atoms with Gasteiger partial charge in [0.2, 0.25) is 0 Å². The van der Waals surface area contributed by atoms with E-state index in [0.717, 1.165) is 11.1 Å². The molecule has 0 aliphatic carbocycles. The molecule has 2 rings (SSSR count). The fourth-order valence-corrected chi connectivity index (χ4v) is 1.57. The molecule has 0 unspecified atom stereocenters. The lowest BCUT2D eigenvalue weighted by molar-refractivity contribution is 0.474. The van der Waals surface area contributed by atoms with Gasteiger partial charge in [0.1, 0.15) is 11.6 Å². The van der Waals surface area contributed by atoms with E-state index in [9.17, 15) is 5.11 Å². The first kappa shape index (κ1) is 12.1. The van der Waals surface area contributed by atoms with E-state index < -0.39 is 0 Å². The summed E-state index contributed by atoms with van der Waals surface area (Å²) in [5, 5.41) is 14.0. The van der Waals surface area contributed by atoms with Crippen LogP contribution < -0.4 is 5.43 Å². The number of rotatable bonds is 3. The molecule has 0 spiro atoms. The Morgan fingerprint density at radius 3 is 2.83 bits per heavy atom. The third kappa shape index (κ3) is 2.85. The second kappa shape index (κ2) is 5.31. The van der Waals surface area contributed by atoms with Crippen molar-refractivity contribution in [2.75, 3.05) is 5.43 Å². The van der Waals surface area contributed by atoms with Crippen LogP contribution in [-0.2, 0) is 0 Å². The first-order valence-corrected chi connectivity index (χ1v) is 5.68. The SMILES string of the molecule is C/C(=N\Nc1ccccn1)c1cc(C)ccc1O. The van der Waals surface area contributed by atoms with E-state index in [1.807, 2.05) is 44.2 Å². The fraction of sp³-hybridized carbons (Fsp3) is 0.143. The van der Waals surface area contributed by atoms with Gasteiger partial charge in [-0.25, -0.2) is 4.98 Å². The molecule has 1 aromatic heterocycles. The van der Waals surface area contributed by atoms with E-state index in [1.165, 1.54) is 0 Å². The predicted molar refractivity (Wildman–Crippen MR) is 72.9 cm³/mol. The third-order valence-corrected chi connectivity index (χ3v) is 2.54. The molecule has 1 aromatic carbocycles. The van der Waals surface area contributed by atoms with Gasteiger partial charge in [-0.15, -0.1) is 0 Å². The minimum Gasteiger partial charge on any atom is -0.507 e. The number of hydrogen-bond donors (Lipinski definition) is 2. The molecular weight excluding hydrogens is 226 g/mol. The average Bonchev–Trinajstić information content (AvgIpc) is 2.40. The Labute approximate surface area is 106 Å². The van der Waals surface area contributed by atoms with Crippen LogP contribution in [0.3, 0.4) is 0 Å². The minimum atomic E-state index is 0.227. The summed E-state index contributed by atoms with van der Waals surface area (Å²) in [6, 6.07) is 11.0. The molecule has 0 amide bonds. The van der Waals surface area contributed by atoms with Crippen molar-refractivity contribution in [3.63, 3.8) is 0 Å². The number of anilines is 1. The standard InChI is InChI=1S/C14H15N3O/c1-10-6-7-13(18)12(9-10)11(2)16-17-14-5-3-4-8-15-14/h3-9,18H,1-2H3,(H,15,17)/b16-11+.